The van der Waals surface area contributed by atoms with Crippen LogP contribution in [0.1, 0.15) is 18.5 Å². The van der Waals surface area contributed by atoms with Crippen molar-refractivity contribution in [1.29, 1.82) is 0 Å². The molecule has 0 aliphatic carbocycles. The topological polar surface area (TPSA) is 94.3 Å². The van der Waals surface area contributed by atoms with E-state index < -0.39 is 15.9 Å². The second-order valence-corrected chi connectivity index (χ2v) is 5.88. The first-order chi connectivity index (χ1) is 7.96. The van der Waals surface area contributed by atoms with Gasteiger partial charge in [-0.2, -0.15) is 0 Å². The molecule has 0 spiro atoms. The molecule has 0 bridgehead atoms. The molecule has 0 radical (unpaired) electrons. The third-order valence-electron chi connectivity index (χ3n) is 2.12. The Balaban J connectivity index is 2.91. The van der Waals surface area contributed by atoms with Gasteiger partial charge in [-0.1, -0.05) is 0 Å². The van der Waals surface area contributed by atoms with E-state index in [1.165, 1.54) is 0 Å². The van der Waals surface area contributed by atoms with E-state index in [2.05, 4.69) is 10.4 Å². The lowest BCUT2D eigenvalue weighted by Gasteiger charge is -2.15. The number of aromatic nitrogens is 1. The quantitative estimate of drug-likeness (QED) is 0.553. The summed E-state index contributed by atoms with van der Waals surface area (Å²) < 4.78 is 27.8. The highest BCUT2D eigenvalue weighted by atomic mass is 32.2. The Morgan fingerprint density at radius 2 is 2.24 bits per heavy atom. The van der Waals surface area contributed by atoms with Gasteiger partial charge in [-0.05, 0) is 18.6 Å². The average molecular weight is 259 g/mol. The zero-order valence-corrected chi connectivity index (χ0v) is 10.7. The van der Waals surface area contributed by atoms with Gasteiger partial charge in [0.25, 0.3) is 0 Å². The first-order valence-electron chi connectivity index (χ1n) is 5.18. The van der Waals surface area contributed by atoms with Crippen molar-refractivity contribution >= 4 is 9.84 Å². The summed E-state index contributed by atoms with van der Waals surface area (Å²) in [6, 6.07) is 1.24. The molecule has 0 aliphatic heterocycles. The first kappa shape index (κ1) is 13.9. The number of nitrogens with zero attached hydrogens (tertiary/aromatic N) is 1. The molecule has 17 heavy (non-hydrogen) atoms. The monoisotopic (exact) mass is 259 g/mol. The van der Waals surface area contributed by atoms with Crippen LogP contribution in [0.3, 0.4) is 0 Å². The smallest absolute Gasteiger partial charge is 0.149 e. The summed E-state index contributed by atoms with van der Waals surface area (Å²) in [4.78, 5) is 3.99. The van der Waals surface area contributed by atoms with Gasteiger partial charge in [0.05, 0.1) is 24.6 Å². The van der Waals surface area contributed by atoms with Crippen molar-refractivity contribution in [2.75, 3.05) is 18.6 Å². The summed E-state index contributed by atoms with van der Waals surface area (Å²) in [7, 11) is -3.12. The van der Waals surface area contributed by atoms with Crippen LogP contribution in [-0.2, 0) is 9.84 Å². The normalized spacial score (nSPS) is 13.4. The number of nitrogens with one attached hydrogen (secondary N) is 1. The molecule has 1 unspecified atom stereocenters. The summed E-state index contributed by atoms with van der Waals surface area (Å²) in [6.45, 7) is 2.39. The van der Waals surface area contributed by atoms with Crippen LogP contribution in [0, 0.1) is 0 Å². The molecule has 0 fully saturated rings. The zero-order chi connectivity index (χ0) is 12.9. The number of pyridine rings is 1. The van der Waals surface area contributed by atoms with Gasteiger partial charge in [0, 0.05) is 12.5 Å². The van der Waals surface area contributed by atoms with Gasteiger partial charge >= 0.3 is 0 Å². The van der Waals surface area contributed by atoms with E-state index in [0.717, 1.165) is 6.26 Å². The van der Waals surface area contributed by atoms with Crippen LogP contribution in [-0.4, -0.2) is 32.0 Å². The fraction of sp³-hybridized carbons (Fsp3) is 0.500. The minimum absolute atomic E-state index is 0.0826. The standard InChI is InChI=1S/C10H17N3O3S/c1-3-16-9-4-8(5-12-6-9)10(13-11)7-17(2,14)15/h4-6,10,13H,3,7,11H2,1-2H3. The fourth-order valence-corrected chi connectivity index (χ4v) is 2.31. The van der Waals surface area contributed by atoms with Crippen molar-refractivity contribution in [2.45, 2.75) is 13.0 Å². The summed E-state index contributed by atoms with van der Waals surface area (Å²) >= 11 is 0. The van der Waals surface area contributed by atoms with Crippen molar-refractivity contribution in [2.24, 2.45) is 5.84 Å². The molecule has 1 rings (SSSR count). The fourth-order valence-electron chi connectivity index (χ4n) is 1.42. The van der Waals surface area contributed by atoms with Crippen molar-refractivity contribution in [3.05, 3.63) is 24.0 Å². The molecular formula is C10H17N3O3S. The highest BCUT2D eigenvalue weighted by Crippen LogP contribution is 2.18. The van der Waals surface area contributed by atoms with E-state index >= 15 is 0 Å². The summed E-state index contributed by atoms with van der Waals surface area (Å²) in [5.41, 5.74) is 3.15. The zero-order valence-electron chi connectivity index (χ0n) is 9.88. The summed E-state index contributed by atoms with van der Waals surface area (Å²) in [5.74, 6) is 5.87. The number of sulfone groups is 1. The largest absolute Gasteiger partial charge is 0.492 e. The predicted octanol–water partition coefficient (Wildman–Crippen LogP) is 0.0293. The van der Waals surface area contributed by atoms with Gasteiger partial charge in [-0.15, -0.1) is 0 Å². The Kier molecular flexibility index (Phi) is 4.86. The molecular weight excluding hydrogens is 242 g/mol. The molecule has 96 valence electrons. The SMILES string of the molecule is CCOc1cncc(C(CS(C)(=O)=O)NN)c1. The number of hydrogen-bond acceptors (Lipinski definition) is 6. The van der Waals surface area contributed by atoms with Gasteiger partial charge in [0.1, 0.15) is 15.6 Å². The van der Waals surface area contributed by atoms with E-state index in [4.69, 9.17) is 10.6 Å². The van der Waals surface area contributed by atoms with Crippen LogP contribution in [0.25, 0.3) is 0 Å². The summed E-state index contributed by atoms with van der Waals surface area (Å²) in [6.07, 6.45) is 4.30. The van der Waals surface area contributed by atoms with E-state index in [1.807, 2.05) is 6.92 Å². The van der Waals surface area contributed by atoms with E-state index in [9.17, 15) is 8.42 Å². The molecule has 1 aromatic rings. The van der Waals surface area contributed by atoms with Crippen molar-refractivity contribution in [3.8, 4) is 5.75 Å². The summed E-state index contributed by atoms with van der Waals surface area (Å²) in [5, 5.41) is 0. The Morgan fingerprint density at radius 1 is 1.53 bits per heavy atom. The molecule has 0 saturated heterocycles. The number of nitrogens with two attached hydrogens (primary N) is 1. The lowest BCUT2D eigenvalue weighted by molar-refractivity contribution is 0.338. The Bertz CT molecular complexity index is 462. The molecule has 0 aromatic carbocycles. The third-order valence-corrected chi connectivity index (χ3v) is 3.06. The number of rotatable bonds is 6. The maximum absolute atomic E-state index is 11.2. The number of hydrogen-bond donors (Lipinski definition) is 2. The van der Waals surface area contributed by atoms with Crippen LogP contribution in [0.5, 0.6) is 5.75 Å². The van der Waals surface area contributed by atoms with Crippen LogP contribution >= 0.6 is 0 Å². The highest BCUT2D eigenvalue weighted by Gasteiger charge is 2.16. The Hall–Kier alpha value is -1.18. The molecule has 3 N–H and O–H groups in total. The number of ether oxygens (including phenoxy) is 1. The van der Waals surface area contributed by atoms with Crippen molar-refractivity contribution in [1.82, 2.24) is 10.4 Å². The van der Waals surface area contributed by atoms with Gasteiger partial charge in [0.2, 0.25) is 0 Å². The maximum Gasteiger partial charge on any atom is 0.149 e. The van der Waals surface area contributed by atoms with Crippen molar-refractivity contribution in [3.63, 3.8) is 0 Å². The minimum atomic E-state index is -3.12. The molecule has 1 aromatic heterocycles. The van der Waals surface area contributed by atoms with Gasteiger partial charge in [-0.25, -0.2) is 8.42 Å². The van der Waals surface area contributed by atoms with E-state index in [1.54, 1.807) is 18.5 Å². The lowest BCUT2D eigenvalue weighted by atomic mass is 10.1. The number of hydrazine groups is 1. The van der Waals surface area contributed by atoms with Gasteiger partial charge in [0.15, 0.2) is 0 Å². The Labute approximate surface area is 101 Å². The second-order valence-electron chi connectivity index (χ2n) is 3.70. The lowest BCUT2D eigenvalue weighted by Crippen LogP contribution is -2.33. The van der Waals surface area contributed by atoms with E-state index in [0.29, 0.717) is 17.9 Å². The molecule has 0 saturated carbocycles. The molecule has 0 aliphatic rings. The van der Waals surface area contributed by atoms with Crippen LogP contribution < -0.4 is 16.0 Å². The maximum atomic E-state index is 11.2. The highest BCUT2D eigenvalue weighted by molar-refractivity contribution is 7.90. The molecule has 1 atom stereocenters. The average Bonchev–Trinajstić information content (AvgIpc) is 2.25. The van der Waals surface area contributed by atoms with E-state index in [-0.39, 0.29) is 5.75 Å². The first-order valence-corrected chi connectivity index (χ1v) is 7.24. The third kappa shape index (κ3) is 4.68. The van der Waals surface area contributed by atoms with Gasteiger partial charge in [-0.3, -0.25) is 16.3 Å². The molecule has 1 heterocycles. The van der Waals surface area contributed by atoms with Crippen LogP contribution in [0.4, 0.5) is 0 Å². The Morgan fingerprint density at radius 3 is 2.76 bits per heavy atom. The molecule has 7 heteroatoms. The van der Waals surface area contributed by atoms with Gasteiger partial charge < -0.3 is 4.74 Å². The van der Waals surface area contributed by atoms with Crippen LogP contribution in [0.15, 0.2) is 18.5 Å². The predicted molar refractivity (Wildman–Crippen MR) is 65.2 cm³/mol. The van der Waals surface area contributed by atoms with Crippen molar-refractivity contribution < 1.29 is 13.2 Å². The minimum Gasteiger partial charge on any atom is -0.492 e. The molecule has 0 amide bonds. The second kappa shape index (κ2) is 5.95. The van der Waals surface area contributed by atoms with Crippen LogP contribution in [0.2, 0.25) is 0 Å². The molecule has 6 nitrogen and oxygen atoms in total.